The van der Waals surface area contributed by atoms with Gasteiger partial charge in [-0.25, -0.2) is 19.8 Å². The first-order chi connectivity index (χ1) is 13.1. The van der Waals surface area contributed by atoms with Crippen LogP contribution in [-0.2, 0) is 4.79 Å². The molecule has 1 aromatic heterocycles. The number of hydroxylamine groups is 1. The summed E-state index contributed by atoms with van der Waals surface area (Å²) in [5.74, 6) is -1.74. The van der Waals surface area contributed by atoms with Crippen molar-refractivity contribution in [3.8, 4) is 11.4 Å². The van der Waals surface area contributed by atoms with E-state index in [1.165, 1.54) is 5.48 Å². The predicted octanol–water partition coefficient (Wildman–Crippen LogP) is 3.55. The Hall–Kier alpha value is -3.12. The highest BCUT2D eigenvalue weighted by Crippen LogP contribution is 2.66. The lowest BCUT2D eigenvalue weighted by Crippen LogP contribution is -2.33. The van der Waals surface area contributed by atoms with Gasteiger partial charge in [-0.2, -0.15) is 0 Å². The van der Waals surface area contributed by atoms with E-state index in [1.807, 2.05) is 31.2 Å². The summed E-state index contributed by atoms with van der Waals surface area (Å²) >= 11 is 0. The van der Waals surface area contributed by atoms with Crippen molar-refractivity contribution in [2.45, 2.75) is 24.4 Å². The minimum absolute atomic E-state index is 0.594. The van der Waals surface area contributed by atoms with Crippen LogP contribution in [0.3, 0.4) is 0 Å². The van der Waals surface area contributed by atoms with Gasteiger partial charge in [0.05, 0.1) is 0 Å². The van der Waals surface area contributed by atoms with Gasteiger partial charge in [-0.05, 0) is 24.1 Å². The smallest absolute Gasteiger partial charge is 0.282 e. The van der Waals surface area contributed by atoms with Crippen molar-refractivity contribution in [3.63, 3.8) is 0 Å². The predicted molar refractivity (Wildman–Crippen MR) is 97.9 cm³/mol. The Kier molecular flexibility index (Phi) is 4.20. The Morgan fingerprint density at radius 1 is 1.04 bits per heavy atom. The summed E-state index contributed by atoms with van der Waals surface area (Å²) in [7, 11) is 0. The van der Waals surface area contributed by atoms with Crippen molar-refractivity contribution in [2.75, 3.05) is 0 Å². The number of hydrogen-bond acceptors (Lipinski definition) is 4. The Labute approximate surface area is 155 Å². The minimum Gasteiger partial charge on any atom is -0.289 e. The van der Waals surface area contributed by atoms with Gasteiger partial charge in [-0.1, -0.05) is 54.6 Å². The molecule has 0 spiro atoms. The Morgan fingerprint density at radius 2 is 1.67 bits per heavy atom. The number of hydrogen-bond donors (Lipinski definition) is 2. The quantitative estimate of drug-likeness (QED) is 0.549. The van der Waals surface area contributed by atoms with Gasteiger partial charge in [-0.15, -0.1) is 0 Å². The molecule has 4 rings (SSSR count). The summed E-state index contributed by atoms with van der Waals surface area (Å²) in [6, 6.07) is 18.1. The number of rotatable bonds is 4. The number of carbonyl (C=O) groups excluding carboxylic acids is 1. The summed E-state index contributed by atoms with van der Waals surface area (Å²) < 4.78 is 15.5. The van der Waals surface area contributed by atoms with Gasteiger partial charge in [0.2, 0.25) is 5.67 Å². The van der Waals surface area contributed by atoms with Crippen LogP contribution in [0.5, 0.6) is 0 Å². The number of halogens is 1. The Morgan fingerprint density at radius 3 is 2.26 bits per heavy atom. The maximum atomic E-state index is 15.5. The first-order valence-electron chi connectivity index (χ1n) is 8.64. The van der Waals surface area contributed by atoms with E-state index < -0.39 is 23.4 Å². The molecule has 1 aliphatic rings. The first-order valence-corrected chi connectivity index (χ1v) is 8.64. The largest absolute Gasteiger partial charge is 0.289 e. The summed E-state index contributed by atoms with van der Waals surface area (Å²) in [6.07, 6.45) is 1.69. The van der Waals surface area contributed by atoms with Crippen LogP contribution in [0.4, 0.5) is 4.39 Å². The molecule has 3 atom stereocenters. The second-order valence-electron chi connectivity index (χ2n) is 6.72. The maximum absolute atomic E-state index is 15.5. The van der Waals surface area contributed by atoms with Crippen LogP contribution >= 0.6 is 0 Å². The number of amides is 1. The maximum Gasteiger partial charge on any atom is 0.282 e. The molecule has 1 saturated carbocycles. The third-order valence-electron chi connectivity index (χ3n) is 5.06. The zero-order chi connectivity index (χ0) is 19.0. The van der Waals surface area contributed by atoms with Crippen LogP contribution in [0.25, 0.3) is 11.4 Å². The molecule has 0 aliphatic heterocycles. The van der Waals surface area contributed by atoms with E-state index in [4.69, 9.17) is 5.21 Å². The molecule has 1 amide bonds. The highest BCUT2D eigenvalue weighted by Gasteiger charge is 2.72. The van der Waals surface area contributed by atoms with Crippen LogP contribution in [-0.4, -0.2) is 26.8 Å². The number of carbonyl (C=O) groups is 1. The Bertz CT molecular complexity index is 978. The van der Waals surface area contributed by atoms with E-state index in [-0.39, 0.29) is 0 Å². The molecule has 2 aromatic carbocycles. The second-order valence-corrected chi connectivity index (χ2v) is 6.72. The average Bonchev–Trinajstić information content (AvgIpc) is 3.35. The van der Waals surface area contributed by atoms with Crippen LogP contribution in [0.15, 0.2) is 66.9 Å². The van der Waals surface area contributed by atoms with Crippen molar-refractivity contribution >= 4 is 5.91 Å². The van der Waals surface area contributed by atoms with Crippen molar-refractivity contribution in [1.82, 2.24) is 15.4 Å². The van der Waals surface area contributed by atoms with E-state index in [0.717, 1.165) is 16.8 Å². The molecule has 1 heterocycles. The third kappa shape index (κ3) is 2.88. The Balaban J connectivity index is 1.68. The third-order valence-corrected chi connectivity index (χ3v) is 5.06. The molecule has 2 N–H and O–H groups in total. The van der Waals surface area contributed by atoms with Crippen molar-refractivity contribution in [3.05, 3.63) is 83.7 Å². The molecular weight excluding hydrogens is 345 g/mol. The fourth-order valence-corrected chi connectivity index (χ4v) is 3.68. The number of aryl methyl sites for hydroxylation is 1. The molecule has 0 bridgehead atoms. The molecule has 0 unspecified atom stereocenters. The van der Waals surface area contributed by atoms with Gasteiger partial charge in [0, 0.05) is 29.3 Å². The standard InChI is InChI=1S/C21H18FN3O2/c1-13-11-12-23-19(24-13)16-9-7-15(8-10-16)18-17(14-5-3-2-4-6-14)21(18,22)20(26)25-27/h2-12,17-18,27H,1H3,(H,25,26)/t17-,18-,21+/m1/s1. The second kappa shape index (κ2) is 6.55. The van der Waals surface area contributed by atoms with E-state index in [1.54, 1.807) is 42.6 Å². The monoisotopic (exact) mass is 363 g/mol. The molecule has 5 nitrogen and oxygen atoms in total. The van der Waals surface area contributed by atoms with E-state index in [9.17, 15) is 4.79 Å². The number of benzene rings is 2. The van der Waals surface area contributed by atoms with Crippen LogP contribution in [0, 0.1) is 6.92 Å². The molecule has 136 valence electrons. The topological polar surface area (TPSA) is 75.1 Å². The van der Waals surface area contributed by atoms with Crippen LogP contribution in [0.1, 0.15) is 28.7 Å². The lowest BCUT2D eigenvalue weighted by Gasteiger charge is -2.06. The van der Waals surface area contributed by atoms with Crippen molar-refractivity contribution in [2.24, 2.45) is 0 Å². The molecule has 1 aliphatic carbocycles. The number of nitrogens with one attached hydrogen (secondary N) is 1. The van der Waals surface area contributed by atoms with E-state index in [2.05, 4.69) is 9.97 Å². The highest BCUT2D eigenvalue weighted by molar-refractivity contribution is 5.92. The average molecular weight is 363 g/mol. The lowest BCUT2D eigenvalue weighted by atomic mass is 10.0. The highest BCUT2D eigenvalue weighted by atomic mass is 19.1. The van der Waals surface area contributed by atoms with Gasteiger partial charge in [0.1, 0.15) is 0 Å². The molecule has 27 heavy (non-hydrogen) atoms. The zero-order valence-electron chi connectivity index (χ0n) is 14.6. The van der Waals surface area contributed by atoms with Crippen LogP contribution < -0.4 is 5.48 Å². The summed E-state index contributed by atoms with van der Waals surface area (Å²) in [5, 5.41) is 9.00. The molecule has 0 saturated heterocycles. The van der Waals surface area contributed by atoms with Crippen molar-refractivity contribution < 1.29 is 14.4 Å². The van der Waals surface area contributed by atoms with E-state index in [0.29, 0.717) is 11.4 Å². The van der Waals surface area contributed by atoms with Crippen LogP contribution in [0.2, 0.25) is 0 Å². The zero-order valence-corrected chi connectivity index (χ0v) is 14.6. The fourth-order valence-electron chi connectivity index (χ4n) is 3.68. The molecule has 1 fully saturated rings. The van der Waals surface area contributed by atoms with Gasteiger partial charge in [0.15, 0.2) is 5.82 Å². The SMILES string of the molecule is Cc1ccnc(-c2ccc([C@@H]3[C@@H](c4ccccc4)[C@@]3(F)C(=O)NO)cc2)n1. The summed E-state index contributed by atoms with van der Waals surface area (Å²) in [5.41, 5.74) is 2.38. The normalized spacial score (nSPS) is 23.7. The minimum atomic E-state index is -2.18. The fraction of sp³-hybridized carbons (Fsp3) is 0.190. The van der Waals surface area contributed by atoms with Crippen molar-refractivity contribution in [1.29, 1.82) is 0 Å². The lowest BCUT2D eigenvalue weighted by molar-refractivity contribution is -0.136. The first kappa shape index (κ1) is 17.3. The summed E-state index contributed by atoms with van der Waals surface area (Å²) in [6.45, 7) is 1.89. The van der Waals surface area contributed by atoms with Gasteiger partial charge in [0.25, 0.3) is 5.91 Å². The van der Waals surface area contributed by atoms with Gasteiger partial charge < -0.3 is 0 Å². The molecule has 6 heteroatoms. The number of nitrogens with zero attached hydrogens (tertiary/aromatic N) is 2. The molecule has 3 aromatic rings. The van der Waals surface area contributed by atoms with E-state index >= 15 is 4.39 Å². The number of alkyl halides is 1. The molecule has 0 radical (unpaired) electrons. The van der Waals surface area contributed by atoms with Gasteiger partial charge >= 0.3 is 0 Å². The van der Waals surface area contributed by atoms with Gasteiger partial charge in [-0.3, -0.25) is 10.0 Å². The number of aromatic nitrogens is 2. The molecular formula is C21H18FN3O2. The summed E-state index contributed by atoms with van der Waals surface area (Å²) in [4.78, 5) is 20.7.